The number of thioether (sulfide) groups is 2. The third-order valence-corrected chi connectivity index (χ3v) is 4.93. The number of anilines is 1. The van der Waals surface area contributed by atoms with Gasteiger partial charge in [0.25, 0.3) is 0 Å². The lowest BCUT2D eigenvalue weighted by Crippen LogP contribution is -2.07. The number of nitriles is 2. The molecule has 0 bridgehead atoms. The fraction of sp³-hybridized carbons (Fsp3) is 0.200. The molecule has 2 rings (SSSR count). The standard InChI is InChI=1S/C15H10F3N5S2/c1-24-12-9(4-19)13(21)23-14(10(12)5-20)25-7-8-2-3-11(22-6-8)15(16,17)18/h2-3,6H,7H2,1H3,(H2,21,23). The van der Waals surface area contributed by atoms with Crippen molar-refractivity contribution in [3.8, 4) is 12.1 Å². The van der Waals surface area contributed by atoms with Crippen LogP contribution in [0.25, 0.3) is 0 Å². The van der Waals surface area contributed by atoms with E-state index < -0.39 is 11.9 Å². The summed E-state index contributed by atoms with van der Waals surface area (Å²) >= 11 is 2.35. The van der Waals surface area contributed by atoms with Crippen LogP contribution in [-0.2, 0) is 11.9 Å². The monoisotopic (exact) mass is 381 g/mol. The Bertz CT molecular complexity index is 867. The molecule has 25 heavy (non-hydrogen) atoms. The van der Waals surface area contributed by atoms with Crippen LogP contribution in [0.4, 0.5) is 19.0 Å². The number of hydrogen-bond acceptors (Lipinski definition) is 7. The summed E-state index contributed by atoms with van der Waals surface area (Å²) in [6.45, 7) is 0. The maximum absolute atomic E-state index is 12.5. The summed E-state index contributed by atoms with van der Waals surface area (Å²) in [7, 11) is 0. The third kappa shape index (κ3) is 4.16. The molecule has 0 aliphatic carbocycles. The van der Waals surface area contributed by atoms with Crippen molar-refractivity contribution in [3.63, 3.8) is 0 Å². The van der Waals surface area contributed by atoms with Gasteiger partial charge in [-0.1, -0.05) is 6.07 Å². The van der Waals surface area contributed by atoms with Crippen LogP contribution in [0.3, 0.4) is 0 Å². The van der Waals surface area contributed by atoms with Gasteiger partial charge in [-0.25, -0.2) is 4.98 Å². The number of aromatic nitrogens is 2. The predicted molar refractivity (Wildman–Crippen MR) is 88.7 cm³/mol. The molecule has 0 radical (unpaired) electrons. The van der Waals surface area contributed by atoms with E-state index in [1.54, 1.807) is 6.26 Å². The number of rotatable bonds is 4. The molecule has 0 atom stereocenters. The predicted octanol–water partition coefficient (Wildman–Crippen LogP) is 3.84. The van der Waals surface area contributed by atoms with Gasteiger partial charge in [0.2, 0.25) is 0 Å². The first-order chi connectivity index (χ1) is 11.8. The minimum absolute atomic E-state index is 0.0129. The number of alkyl halides is 3. The zero-order chi connectivity index (χ0) is 18.6. The number of nitrogens with two attached hydrogens (primary N) is 1. The van der Waals surface area contributed by atoms with E-state index in [1.807, 2.05) is 12.1 Å². The molecule has 2 aromatic heterocycles. The molecule has 0 amide bonds. The molecular formula is C15H10F3N5S2. The summed E-state index contributed by atoms with van der Waals surface area (Å²) in [5.74, 6) is 0.269. The highest BCUT2D eigenvalue weighted by molar-refractivity contribution is 7.99. The number of halogens is 3. The Morgan fingerprint density at radius 3 is 2.36 bits per heavy atom. The number of nitrogens with zero attached hydrogens (tertiary/aromatic N) is 4. The molecule has 0 spiro atoms. The van der Waals surface area contributed by atoms with Crippen molar-refractivity contribution in [1.29, 1.82) is 10.5 Å². The van der Waals surface area contributed by atoms with E-state index >= 15 is 0 Å². The van der Waals surface area contributed by atoms with E-state index in [0.717, 1.165) is 24.0 Å². The van der Waals surface area contributed by atoms with Crippen molar-refractivity contribution in [3.05, 3.63) is 40.7 Å². The Morgan fingerprint density at radius 1 is 1.20 bits per heavy atom. The molecule has 2 N–H and O–H groups in total. The lowest BCUT2D eigenvalue weighted by molar-refractivity contribution is -0.141. The van der Waals surface area contributed by atoms with E-state index in [4.69, 9.17) is 11.0 Å². The topological polar surface area (TPSA) is 99.4 Å². The summed E-state index contributed by atoms with van der Waals surface area (Å²) in [5, 5.41) is 18.8. The lowest BCUT2D eigenvalue weighted by atomic mass is 10.2. The van der Waals surface area contributed by atoms with Gasteiger partial charge in [-0.2, -0.15) is 23.7 Å². The summed E-state index contributed by atoms with van der Waals surface area (Å²) in [4.78, 5) is 7.90. The van der Waals surface area contributed by atoms with Gasteiger partial charge >= 0.3 is 6.18 Å². The highest BCUT2D eigenvalue weighted by Gasteiger charge is 2.32. The first-order valence-electron chi connectivity index (χ1n) is 6.64. The molecule has 10 heteroatoms. The van der Waals surface area contributed by atoms with Gasteiger partial charge in [0.15, 0.2) is 0 Å². The maximum atomic E-state index is 12.5. The average molecular weight is 381 g/mol. The van der Waals surface area contributed by atoms with E-state index in [9.17, 15) is 18.4 Å². The van der Waals surface area contributed by atoms with Crippen molar-refractivity contribution >= 4 is 29.3 Å². The molecular weight excluding hydrogens is 371 g/mol. The molecule has 0 aliphatic heterocycles. The van der Waals surface area contributed by atoms with Crippen LogP contribution in [0.2, 0.25) is 0 Å². The Hall–Kier alpha value is -2.43. The second kappa shape index (κ2) is 7.64. The van der Waals surface area contributed by atoms with Crippen LogP contribution in [0.5, 0.6) is 0 Å². The van der Waals surface area contributed by atoms with Crippen molar-refractivity contribution in [1.82, 2.24) is 9.97 Å². The second-order valence-electron chi connectivity index (χ2n) is 4.65. The van der Waals surface area contributed by atoms with Crippen LogP contribution in [-0.4, -0.2) is 16.2 Å². The van der Waals surface area contributed by atoms with Crippen LogP contribution in [0.1, 0.15) is 22.4 Å². The second-order valence-corrected chi connectivity index (χ2v) is 6.43. The average Bonchev–Trinajstić information content (AvgIpc) is 2.58. The SMILES string of the molecule is CSc1c(C#N)c(N)nc(SCc2ccc(C(F)(F)F)nc2)c1C#N. The number of pyridine rings is 2. The van der Waals surface area contributed by atoms with Gasteiger partial charge in [0.1, 0.15) is 34.2 Å². The van der Waals surface area contributed by atoms with E-state index in [1.165, 1.54) is 17.8 Å². The van der Waals surface area contributed by atoms with E-state index in [0.29, 0.717) is 15.5 Å². The maximum Gasteiger partial charge on any atom is 0.433 e. The van der Waals surface area contributed by atoms with E-state index in [2.05, 4.69) is 9.97 Å². The van der Waals surface area contributed by atoms with Gasteiger partial charge in [-0.3, -0.25) is 4.98 Å². The van der Waals surface area contributed by atoms with Crippen molar-refractivity contribution in [2.45, 2.75) is 21.9 Å². The molecule has 0 aliphatic rings. The van der Waals surface area contributed by atoms with Crippen LogP contribution >= 0.6 is 23.5 Å². The van der Waals surface area contributed by atoms with Crippen LogP contribution < -0.4 is 5.73 Å². The Balaban J connectivity index is 2.28. The van der Waals surface area contributed by atoms with Crippen molar-refractivity contribution < 1.29 is 13.2 Å². The molecule has 128 valence electrons. The summed E-state index contributed by atoms with van der Waals surface area (Å²) < 4.78 is 37.5. The minimum atomic E-state index is -4.49. The normalized spacial score (nSPS) is 11.0. The summed E-state index contributed by atoms with van der Waals surface area (Å²) in [5.41, 5.74) is 5.70. The van der Waals surface area contributed by atoms with Gasteiger partial charge in [0, 0.05) is 16.8 Å². The first-order valence-corrected chi connectivity index (χ1v) is 8.85. The molecule has 0 aromatic carbocycles. The van der Waals surface area contributed by atoms with Crippen LogP contribution in [0, 0.1) is 22.7 Å². The number of nitrogen functional groups attached to an aromatic ring is 1. The van der Waals surface area contributed by atoms with E-state index in [-0.39, 0.29) is 22.7 Å². The fourth-order valence-electron chi connectivity index (χ4n) is 1.90. The summed E-state index contributed by atoms with van der Waals surface area (Å²) in [6, 6.07) is 6.15. The molecule has 2 heterocycles. The van der Waals surface area contributed by atoms with Crippen LogP contribution in [0.15, 0.2) is 28.3 Å². The zero-order valence-corrected chi connectivity index (χ0v) is 14.4. The Morgan fingerprint density at radius 2 is 1.88 bits per heavy atom. The van der Waals surface area contributed by atoms with Gasteiger partial charge in [0.05, 0.1) is 5.56 Å². The number of hydrogen-bond donors (Lipinski definition) is 1. The highest BCUT2D eigenvalue weighted by atomic mass is 32.2. The highest BCUT2D eigenvalue weighted by Crippen LogP contribution is 2.35. The molecule has 5 nitrogen and oxygen atoms in total. The quantitative estimate of drug-likeness (QED) is 0.803. The van der Waals surface area contributed by atoms with Gasteiger partial charge in [-0.05, 0) is 17.9 Å². The lowest BCUT2D eigenvalue weighted by Gasteiger charge is -2.11. The first kappa shape index (κ1) is 18.9. The molecule has 0 saturated carbocycles. The minimum Gasteiger partial charge on any atom is -0.383 e. The zero-order valence-electron chi connectivity index (χ0n) is 12.8. The van der Waals surface area contributed by atoms with Gasteiger partial charge < -0.3 is 5.73 Å². The van der Waals surface area contributed by atoms with Crippen molar-refractivity contribution in [2.24, 2.45) is 0 Å². The summed E-state index contributed by atoms with van der Waals surface area (Å²) in [6.07, 6.45) is -1.65. The van der Waals surface area contributed by atoms with Gasteiger partial charge in [-0.15, -0.1) is 23.5 Å². The third-order valence-electron chi connectivity index (χ3n) is 3.06. The van der Waals surface area contributed by atoms with Crippen molar-refractivity contribution in [2.75, 3.05) is 12.0 Å². The largest absolute Gasteiger partial charge is 0.433 e. The molecule has 0 unspecified atom stereocenters. The molecule has 0 saturated heterocycles. The Labute approximate surface area is 150 Å². The molecule has 0 fully saturated rings. The Kier molecular flexibility index (Phi) is 5.77. The molecule has 2 aromatic rings. The fourth-order valence-corrected chi connectivity index (χ4v) is 3.60. The smallest absolute Gasteiger partial charge is 0.383 e.